The van der Waals surface area contributed by atoms with Crippen LogP contribution in [0.4, 0.5) is 0 Å². The van der Waals surface area contributed by atoms with E-state index in [4.69, 9.17) is 11.6 Å². The van der Waals surface area contributed by atoms with Gasteiger partial charge in [-0.15, -0.1) is 11.6 Å². The Morgan fingerprint density at radius 2 is 2.05 bits per heavy atom. The Balaban J connectivity index is 1.72. The third-order valence-corrected chi connectivity index (χ3v) is 4.81. The Morgan fingerprint density at radius 3 is 2.90 bits per heavy atom. The van der Waals surface area contributed by atoms with Crippen LogP contribution in [0, 0.1) is 5.92 Å². The van der Waals surface area contributed by atoms with Gasteiger partial charge in [0.1, 0.15) is 0 Å². The van der Waals surface area contributed by atoms with E-state index < -0.39 is 0 Å². The molecule has 0 saturated heterocycles. The summed E-state index contributed by atoms with van der Waals surface area (Å²) in [5.41, 5.74) is 1.53. The van der Waals surface area contributed by atoms with E-state index in [2.05, 4.69) is 10.3 Å². The highest BCUT2D eigenvalue weighted by Crippen LogP contribution is 2.28. The van der Waals surface area contributed by atoms with Gasteiger partial charge in [0.25, 0.3) is 5.91 Å². The average Bonchev–Trinajstić information content (AvgIpc) is 2.53. The maximum Gasteiger partial charge on any atom is 0.252 e. The van der Waals surface area contributed by atoms with E-state index in [1.807, 2.05) is 24.3 Å². The molecule has 110 valence electrons. The predicted molar refractivity (Wildman–Crippen MR) is 85.7 cm³/mol. The number of amides is 1. The fourth-order valence-corrected chi connectivity index (χ4v) is 3.37. The number of para-hydroxylation sites is 1. The van der Waals surface area contributed by atoms with Gasteiger partial charge in [-0.05, 0) is 30.9 Å². The van der Waals surface area contributed by atoms with Crippen LogP contribution in [0.2, 0.25) is 0 Å². The molecule has 0 bridgehead atoms. The first-order valence-corrected chi connectivity index (χ1v) is 7.95. The first-order chi connectivity index (χ1) is 10.3. The number of fused-ring (bicyclic) bond motifs is 1. The normalized spacial score (nSPS) is 22.1. The molecule has 2 unspecified atom stereocenters. The van der Waals surface area contributed by atoms with Gasteiger partial charge in [0.05, 0.1) is 11.1 Å². The lowest BCUT2D eigenvalue weighted by atomic mass is 9.88. The molecule has 3 nitrogen and oxygen atoms in total. The summed E-state index contributed by atoms with van der Waals surface area (Å²) >= 11 is 6.35. The highest BCUT2D eigenvalue weighted by Gasteiger charge is 2.23. The lowest BCUT2D eigenvalue weighted by Gasteiger charge is -2.27. The van der Waals surface area contributed by atoms with Gasteiger partial charge in [-0.25, -0.2) is 0 Å². The second kappa shape index (κ2) is 6.44. The number of halogens is 1. The van der Waals surface area contributed by atoms with Gasteiger partial charge < -0.3 is 5.32 Å². The number of nitrogens with zero attached hydrogens (tertiary/aromatic N) is 1. The number of aromatic nitrogens is 1. The summed E-state index contributed by atoms with van der Waals surface area (Å²) in [5, 5.41) is 4.12. The Hall–Kier alpha value is -1.61. The summed E-state index contributed by atoms with van der Waals surface area (Å²) < 4.78 is 0. The van der Waals surface area contributed by atoms with Crippen LogP contribution in [0.15, 0.2) is 36.5 Å². The second-order valence-electron chi connectivity index (χ2n) is 5.65. The maximum atomic E-state index is 12.4. The number of hydrogen-bond acceptors (Lipinski definition) is 2. The van der Waals surface area contributed by atoms with Gasteiger partial charge in [0.2, 0.25) is 0 Å². The average molecular weight is 303 g/mol. The van der Waals surface area contributed by atoms with Crippen molar-refractivity contribution in [3.63, 3.8) is 0 Å². The van der Waals surface area contributed by atoms with E-state index in [9.17, 15) is 4.79 Å². The van der Waals surface area contributed by atoms with Gasteiger partial charge in [-0.2, -0.15) is 0 Å². The van der Waals surface area contributed by atoms with E-state index in [0.29, 0.717) is 18.0 Å². The topological polar surface area (TPSA) is 42.0 Å². The largest absolute Gasteiger partial charge is 0.352 e. The molecule has 2 atom stereocenters. The van der Waals surface area contributed by atoms with E-state index in [1.54, 1.807) is 12.3 Å². The zero-order valence-electron chi connectivity index (χ0n) is 11.9. The molecule has 1 amide bonds. The fraction of sp³-hybridized carbons (Fsp3) is 0.412. The molecule has 1 aromatic heterocycles. The van der Waals surface area contributed by atoms with Gasteiger partial charge in [0, 0.05) is 23.5 Å². The van der Waals surface area contributed by atoms with E-state index in [1.165, 1.54) is 12.8 Å². The van der Waals surface area contributed by atoms with E-state index >= 15 is 0 Å². The molecule has 2 aromatic rings. The van der Waals surface area contributed by atoms with Crippen LogP contribution in [-0.4, -0.2) is 22.8 Å². The van der Waals surface area contributed by atoms with Crippen LogP contribution in [0.25, 0.3) is 10.9 Å². The predicted octanol–water partition coefficient (Wildman–Crippen LogP) is 3.76. The molecule has 0 radical (unpaired) electrons. The molecule has 0 aliphatic heterocycles. The SMILES string of the molecule is O=C(NCC1CCCCC1Cl)c1ccnc2ccccc12. The van der Waals surface area contributed by atoms with Crippen molar-refractivity contribution in [1.29, 1.82) is 0 Å². The van der Waals surface area contributed by atoms with Crippen molar-refractivity contribution in [2.24, 2.45) is 5.92 Å². The van der Waals surface area contributed by atoms with Crippen molar-refractivity contribution in [2.75, 3.05) is 6.54 Å². The summed E-state index contributed by atoms with van der Waals surface area (Å²) in [5.74, 6) is 0.348. The monoisotopic (exact) mass is 302 g/mol. The van der Waals surface area contributed by atoms with Crippen molar-refractivity contribution in [1.82, 2.24) is 10.3 Å². The van der Waals surface area contributed by atoms with E-state index in [0.717, 1.165) is 23.7 Å². The quantitative estimate of drug-likeness (QED) is 0.877. The van der Waals surface area contributed by atoms with Crippen LogP contribution in [0.5, 0.6) is 0 Å². The molecule has 21 heavy (non-hydrogen) atoms. The Morgan fingerprint density at radius 1 is 1.24 bits per heavy atom. The number of benzene rings is 1. The first kappa shape index (κ1) is 14.3. The summed E-state index contributed by atoms with van der Waals surface area (Å²) in [4.78, 5) is 16.7. The Labute approximate surface area is 129 Å². The standard InChI is InChI=1S/C17H19ClN2O/c18-15-7-3-1-5-12(15)11-20-17(21)14-9-10-19-16-8-4-2-6-13(14)16/h2,4,6,8-10,12,15H,1,3,5,7,11H2,(H,20,21). The molecule has 1 heterocycles. The number of pyridine rings is 1. The number of hydrogen-bond donors (Lipinski definition) is 1. The number of nitrogens with one attached hydrogen (secondary N) is 1. The summed E-state index contributed by atoms with van der Waals surface area (Å²) in [6.07, 6.45) is 6.25. The van der Waals surface area contributed by atoms with Crippen LogP contribution >= 0.6 is 11.6 Å². The minimum atomic E-state index is -0.0389. The summed E-state index contributed by atoms with van der Waals surface area (Å²) in [7, 11) is 0. The van der Waals surface area contributed by atoms with Crippen LogP contribution in [0.3, 0.4) is 0 Å². The maximum absolute atomic E-state index is 12.4. The Kier molecular flexibility index (Phi) is 4.39. The van der Waals surface area contributed by atoms with Gasteiger partial charge >= 0.3 is 0 Å². The van der Waals surface area contributed by atoms with Gasteiger partial charge in [-0.1, -0.05) is 31.0 Å². The Bertz CT molecular complexity index is 638. The van der Waals surface area contributed by atoms with Gasteiger partial charge in [0.15, 0.2) is 0 Å². The highest BCUT2D eigenvalue weighted by atomic mass is 35.5. The minimum Gasteiger partial charge on any atom is -0.352 e. The van der Waals surface area contributed by atoms with Crippen molar-refractivity contribution < 1.29 is 4.79 Å². The molecule has 1 aliphatic rings. The van der Waals surface area contributed by atoms with E-state index in [-0.39, 0.29) is 11.3 Å². The van der Waals surface area contributed by atoms with Crippen LogP contribution < -0.4 is 5.32 Å². The lowest BCUT2D eigenvalue weighted by molar-refractivity contribution is 0.0945. The van der Waals surface area contributed by atoms with Crippen LogP contribution in [-0.2, 0) is 0 Å². The first-order valence-electron chi connectivity index (χ1n) is 7.52. The smallest absolute Gasteiger partial charge is 0.252 e. The number of rotatable bonds is 3. The van der Waals surface area contributed by atoms with Crippen molar-refractivity contribution in [3.8, 4) is 0 Å². The third-order valence-electron chi connectivity index (χ3n) is 4.23. The minimum absolute atomic E-state index is 0.0389. The molecule has 1 N–H and O–H groups in total. The molecule has 4 heteroatoms. The van der Waals surface area contributed by atoms with Crippen molar-refractivity contribution in [2.45, 2.75) is 31.1 Å². The number of alkyl halides is 1. The molecule has 1 aliphatic carbocycles. The number of carbonyl (C=O) groups excluding carboxylic acids is 1. The van der Waals surface area contributed by atoms with Crippen LogP contribution in [0.1, 0.15) is 36.0 Å². The zero-order valence-corrected chi connectivity index (χ0v) is 12.6. The van der Waals surface area contributed by atoms with Crippen molar-refractivity contribution >= 4 is 28.4 Å². The molecular formula is C17H19ClN2O. The lowest BCUT2D eigenvalue weighted by Crippen LogP contribution is -2.34. The highest BCUT2D eigenvalue weighted by molar-refractivity contribution is 6.20. The molecule has 0 spiro atoms. The summed E-state index contributed by atoms with van der Waals surface area (Å²) in [6, 6.07) is 9.48. The molecule has 3 rings (SSSR count). The van der Waals surface area contributed by atoms with Gasteiger partial charge in [-0.3, -0.25) is 9.78 Å². The second-order valence-corrected chi connectivity index (χ2v) is 6.21. The summed E-state index contributed by atoms with van der Waals surface area (Å²) in [6.45, 7) is 0.656. The zero-order chi connectivity index (χ0) is 14.7. The molecule has 1 aromatic carbocycles. The fourth-order valence-electron chi connectivity index (χ4n) is 3.01. The number of carbonyl (C=O) groups is 1. The molecule has 1 saturated carbocycles. The molecule has 1 fully saturated rings. The third kappa shape index (κ3) is 3.18. The molecular weight excluding hydrogens is 284 g/mol. The van der Waals surface area contributed by atoms with Crippen molar-refractivity contribution in [3.05, 3.63) is 42.1 Å².